The molecule has 2 aromatic rings. The van der Waals surface area contributed by atoms with Crippen molar-refractivity contribution in [3.05, 3.63) is 42.0 Å². The predicted molar refractivity (Wildman–Crippen MR) is 63.6 cm³/mol. The standard InChI is InChI=1S/C12H15N3O2/c1-8(15-7-12-13-2-3-14-12)9-4-10(16)6-11(17)5-9/h2-6,8,15-17H,7H2,1H3,(H,13,14). The zero-order chi connectivity index (χ0) is 12.3. The number of rotatable bonds is 4. The Kier molecular flexibility index (Phi) is 3.30. The molecule has 1 unspecified atom stereocenters. The van der Waals surface area contributed by atoms with E-state index in [0.29, 0.717) is 6.54 Å². The van der Waals surface area contributed by atoms with Gasteiger partial charge < -0.3 is 20.5 Å². The van der Waals surface area contributed by atoms with Gasteiger partial charge in [0.05, 0.1) is 6.54 Å². The smallest absolute Gasteiger partial charge is 0.120 e. The van der Waals surface area contributed by atoms with E-state index >= 15 is 0 Å². The highest BCUT2D eigenvalue weighted by Gasteiger charge is 2.08. The topological polar surface area (TPSA) is 81.2 Å². The van der Waals surface area contributed by atoms with Crippen LogP contribution in [0.1, 0.15) is 24.4 Å². The summed E-state index contributed by atoms with van der Waals surface area (Å²) in [5.74, 6) is 0.972. The van der Waals surface area contributed by atoms with E-state index in [1.807, 2.05) is 6.92 Å². The Balaban J connectivity index is 2.01. The summed E-state index contributed by atoms with van der Waals surface area (Å²) in [6.45, 7) is 2.56. The molecule has 0 bridgehead atoms. The molecule has 0 saturated carbocycles. The summed E-state index contributed by atoms with van der Waals surface area (Å²) in [5.41, 5.74) is 0.828. The number of aromatic amines is 1. The van der Waals surface area contributed by atoms with Gasteiger partial charge in [-0.3, -0.25) is 0 Å². The van der Waals surface area contributed by atoms with E-state index in [2.05, 4.69) is 15.3 Å². The van der Waals surface area contributed by atoms with Crippen molar-refractivity contribution in [1.82, 2.24) is 15.3 Å². The van der Waals surface area contributed by atoms with E-state index < -0.39 is 0 Å². The van der Waals surface area contributed by atoms with Crippen molar-refractivity contribution < 1.29 is 10.2 Å². The monoisotopic (exact) mass is 233 g/mol. The van der Waals surface area contributed by atoms with Crippen LogP contribution in [-0.4, -0.2) is 20.2 Å². The Morgan fingerprint density at radius 2 is 2.00 bits per heavy atom. The number of phenols is 2. The molecule has 1 aromatic heterocycles. The molecular weight excluding hydrogens is 218 g/mol. The van der Waals surface area contributed by atoms with Crippen molar-refractivity contribution >= 4 is 0 Å². The van der Waals surface area contributed by atoms with Gasteiger partial charge in [-0.1, -0.05) is 0 Å². The lowest BCUT2D eigenvalue weighted by molar-refractivity contribution is 0.446. The van der Waals surface area contributed by atoms with Gasteiger partial charge in [-0.25, -0.2) is 4.98 Å². The zero-order valence-electron chi connectivity index (χ0n) is 9.51. The molecule has 0 fully saturated rings. The van der Waals surface area contributed by atoms with Gasteiger partial charge in [-0.2, -0.15) is 0 Å². The number of phenolic OH excluding ortho intramolecular Hbond substituents is 2. The van der Waals surface area contributed by atoms with Crippen LogP contribution in [0.4, 0.5) is 0 Å². The molecule has 1 atom stereocenters. The van der Waals surface area contributed by atoms with Crippen LogP contribution in [0.25, 0.3) is 0 Å². The number of nitrogens with zero attached hydrogens (tertiary/aromatic N) is 1. The van der Waals surface area contributed by atoms with E-state index in [4.69, 9.17) is 0 Å². The molecule has 4 N–H and O–H groups in total. The fourth-order valence-electron chi connectivity index (χ4n) is 1.63. The largest absolute Gasteiger partial charge is 0.508 e. The number of H-pyrrole nitrogens is 1. The first kappa shape index (κ1) is 11.5. The highest BCUT2D eigenvalue weighted by Crippen LogP contribution is 2.24. The molecule has 0 aliphatic carbocycles. The molecule has 5 heteroatoms. The van der Waals surface area contributed by atoms with Crippen LogP contribution in [0.15, 0.2) is 30.6 Å². The quantitative estimate of drug-likeness (QED) is 0.647. The van der Waals surface area contributed by atoms with E-state index in [1.165, 1.54) is 6.07 Å². The second-order valence-electron chi connectivity index (χ2n) is 3.92. The third-order valence-electron chi connectivity index (χ3n) is 2.56. The van der Waals surface area contributed by atoms with Gasteiger partial charge in [0, 0.05) is 24.5 Å². The SMILES string of the molecule is CC(NCc1ncc[nH]1)c1cc(O)cc(O)c1. The first-order chi connectivity index (χ1) is 8.15. The minimum atomic E-state index is 0.0121. The van der Waals surface area contributed by atoms with E-state index in [-0.39, 0.29) is 17.5 Å². The molecule has 0 saturated heterocycles. The van der Waals surface area contributed by atoms with Gasteiger partial charge in [0.1, 0.15) is 17.3 Å². The minimum Gasteiger partial charge on any atom is -0.508 e. The van der Waals surface area contributed by atoms with Crippen LogP contribution < -0.4 is 5.32 Å². The maximum Gasteiger partial charge on any atom is 0.120 e. The highest BCUT2D eigenvalue weighted by molar-refractivity contribution is 5.37. The summed E-state index contributed by atoms with van der Waals surface area (Å²) < 4.78 is 0. The van der Waals surface area contributed by atoms with Crippen LogP contribution in [-0.2, 0) is 6.54 Å². The highest BCUT2D eigenvalue weighted by atomic mass is 16.3. The number of aromatic nitrogens is 2. The summed E-state index contributed by atoms with van der Waals surface area (Å²) in [5, 5.41) is 22.0. The number of imidazole rings is 1. The van der Waals surface area contributed by atoms with Crippen LogP contribution in [0, 0.1) is 0 Å². The Labute approximate surface area is 99.2 Å². The fourth-order valence-corrected chi connectivity index (χ4v) is 1.63. The summed E-state index contributed by atoms with van der Waals surface area (Å²) in [6, 6.07) is 4.57. The van der Waals surface area contributed by atoms with Gasteiger partial charge in [0.25, 0.3) is 0 Å². The number of hydrogen-bond acceptors (Lipinski definition) is 4. The van der Waals surface area contributed by atoms with Crippen LogP contribution in [0.3, 0.4) is 0 Å². The Morgan fingerprint density at radius 1 is 1.29 bits per heavy atom. The van der Waals surface area contributed by atoms with E-state index in [9.17, 15) is 10.2 Å². The molecule has 5 nitrogen and oxygen atoms in total. The number of benzene rings is 1. The number of hydrogen-bond donors (Lipinski definition) is 4. The van der Waals surface area contributed by atoms with Crippen molar-refractivity contribution in [2.45, 2.75) is 19.5 Å². The van der Waals surface area contributed by atoms with Crippen molar-refractivity contribution in [2.75, 3.05) is 0 Å². The summed E-state index contributed by atoms with van der Waals surface area (Å²) in [4.78, 5) is 7.09. The van der Waals surface area contributed by atoms with E-state index in [1.54, 1.807) is 24.5 Å². The Hall–Kier alpha value is -2.01. The average Bonchev–Trinajstić information content (AvgIpc) is 2.77. The molecule has 90 valence electrons. The second-order valence-corrected chi connectivity index (χ2v) is 3.92. The summed E-state index contributed by atoms with van der Waals surface area (Å²) in [6.07, 6.45) is 3.46. The summed E-state index contributed by atoms with van der Waals surface area (Å²) >= 11 is 0. The van der Waals surface area contributed by atoms with Crippen LogP contribution in [0.2, 0.25) is 0 Å². The second kappa shape index (κ2) is 4.88. The van der Waals surface area contributed by atoms with Crippen molar-refractivity contribution in [3.63, 3.8) is 0 Å². The normalized spacial score (nSPS) is 12.5. The zero-order valence-corrected chi connectivity index (χ0v) is 9.51. The molecule has 1 heterocycles. The number of nitrogens with one attached hydrogen (secondary N) is 2. The van der Waals surface area contributed by atoms with Gasteiger partial charge >= 0.3 is 0 Å². The Bertz CT molecular complexity index is 462. The first-order valence-electron chi connectivity index (χ1n) is 5.39. The van der Waals surface area contributed by atoms with Gasteiger partial charge in [0.15, 0.2) is 0 Å². The van der Waals surface area contributed by atoms with Crippen LogP contribution >= 0.6 is 0 Å². The molecule has 0 spiro atoms. The lowest BCUT2D eigenvalue weighted by atomic mass is 10.1. The van der Waals surface area contributed by atoms with Crippen LogP contribution in [0.5, 0.6) is 11.5 Å². The molecule has 17 heavy (non-hydrogen) atoms. The molecule has 0 aliphatic heterocycles. The predicted octanol–water partition coefficient (Wildman–Crippen LogP) is 1.67. The molecule has 0 amide bonds. The minimum absolute atomic E-state index is 0.0121. The lowest BCUT2D eigenvalue weighted by Gasteiger charge is -2.14. The van der Waals surface area contributed by atoms with Crippen molar-refractivity contribution in [1.29, 1.82) is 0 Å². The summed E-state index contributed by atoms with van der Waals surface area (Å²) in [7, 11) is 0. The maximum atomic E-state index is 9.39. The third kappa shape index (κ3) is 2.98. The van der Waals surface area contributed by atoms with Gasteiger partial charge in [-0.05, 0) is 24.6 Å². The van der Waals surface area contributed by atoms with Gasteiger partial charge in [0.2, 0.25) is 0 Å². The molecular formula is C12H15N3O2. The third-order valence-corrected chi connectivity index (χ3v) is 2.56. The maximum absolute atomic E-state index is 9.39. The van der Waals surface area contributed by atoms with Gasteiger partial charge in [-0.15, -0.1) is 0 Å². The molecule has 0 aliphatic rings. The lowest BCUT2D eigenvalue weighted by Crippen LogP contribution is -2.18. The molecule has 1 aromatic carbocycles. The van der Waals surface area contributed by atoms with Crippen molar-refractivity contribution in [3.8, 4) is 11.5 Å². The van der Waals surface area contributed by atoms with Crippen molar-refractivity contribution in [2.24, 2.45) is 0 Å². The fraction of sp³-hybridized carbons (Fsp3) is 0.250. The average molecular weight is 233 g/mol. The molecule has 2 rings (SSSR count). The Morgan fingerprint density at radius 3 is 2.59 bits per heavy atom. The number of aromatic hydroxyl groups is 2. The first-order valence-corrected chi connectivity index (χ1v) is 5.39. The van der Waals surface area contributed by atoms with E-state index in [0.717, 1.165) is 11.4 Å². The molecule has 0 radical (unpaired) electrons.